The van der Waals surface area contributed by atoms with Crippen LogP contribution >= 0.6 is 46.1 Å². The predicted molar refractivity (Wildman–Crippen MR) is 488 cm³/mol. The van der Waals surface area contributed by atoms with E-state index in [9.17, 15) is 0 Å². The summed E-state index contributed by atoms with van der Waals surface area (Å²) >= 11 is 6.32. The molecule has 0 N–H and O–H groups in total. The number of aromatic nitrogens is 4. The zero-order chi connectivity index (χ0) is 78.7. The molecule has 0 bridgehead atoms. The van der Waals surface area contributed by atoms with Crippen LogP contribution in [0.4, 0.5) is 0 Å². The van der Waals surface area contributed by atoms with Crippen molar-refractivity contribution in [3.8, 4) is 32.7 Å². The zero-order valence-electron chi connectivity index (χ0n) is 72.1. The summed E-state index contributed by atoms with van der Waals surface area (Å²) in [6.07, 6.45) is 64.0. The normalized spacial score (nSPS) is 15.4. The molecule has 2 amide bonds. The van der Waals surface area contributed by atoms with Gasteiger partial charge in [0.2, 0.25) is 0 Å². The van der Waals surface area contributed by atoms with Crippen LogP contribution in [0, 0.1) is 25.7 Å². The van der Waals surface area contributed by atoms with E-state index in [-0.39, 0.29) is 22.6 Å². The number of hydrogen-bond donors (Lipinski definition) is 0. The highest BCUT2D eigenvalue weighted by atomic mass is 32.1. The van der Waals surface area contributed by atoms with Crippen LogP contribution in [0.2, 0.25) is 0 Å². The summed E-state index contributed by atoms with van der Waals surface area (Å²) in [6, 6.07) is 19.8. The first-order valence-electron chi connectivity index (χ1n) is 47.0. The Morgan fingerprint density at radius 1 is 0.321 bits per heavy atom. The Morgan fingerprint density at radius 3 is 1.00 bits per heavy atom. The Bertz CT molecular complexity index is 4110. The first-order valence-corrected chi connectivity index (χ1v) is 50.1. The van der Waals surface area contributed by atoms with Gasteiger partial charge in [-0.15, -0.1) is 22.7 Å². The van der Waals surface area contributed by atoms with Crippen molar-refractivity contribution in [3.05, 3.63) is 102 Å². The van der Waals surface area contributed by atoms with Crippen LogP contribution in [0.5, 0.6) is 0 Å². The number of fused-ring (bicyclic) bond motifs is 11. The number of carbonyl (C=O) groups excluding carboxylic acids is 2. The molecule has 112 heavy (non-hydrogen) atoms. The highest BCUT2D eigenvalue weighted by Crippen LogP contribution is 2.64. The average Bonchev–Trinajstić information content (AvgIpc) is 1.52. The quantitative estimate of drug-likeness (QED) is 0.0353. The third-order valence-corrected chi connectivity index (χ3v) is 30.0. The van der Waals surface area contributed by atoms with E-state index in [1.807, 2.05) is 0 Å². The lowest BCUT2D eigenvalue weighted by molar-refractivity contribution is -0.124. The summed E-state index contributed by atoms with van der Waals surface area (Å²) in [4.78, 5) is 42.1. The molecule has 4 aliphatic rings. The monoisotopic (exact) mass is 1590 g/mol. The molecule has 0 saturated heterocycles. The fourth-order valence-electron chi connectivity index (χ4n) is 20.5. The first-order chi connectivity index (χ1) is 55.0. The lowest BCUT2D eigenvalue weighted by Gasteiger charge is -2.35. The SMILES string of the molecule is CCCCCCCCCCC(CCCCCCCC)CN1C(=O)C2=C(c3ccc(-c4cc5c(c6nsnc46)-c4cc6c(cc4C5(CCCCCC)CCCCCC)-c4c(cc(C)c5nsnc45)C6(CCCCCC)CCCCCC)s3)N(CC(CCCCCCCC)CCCCCCCCCC)C(=O)C2=C1c1ccc(C)s1. The van der Waals surface area contributed by atoms with E-state index in [1.54, 1.807) is 22.7 Å². The zero-order valence-corrected chi connectivity index (χ0v) is 75.4. The van der Waals surface area contributed by atoms with Gasteiger partial charge < -0.3 is 9.80 Å². The summed E-state index contributed by atoms with van der Waals surface area (Å²) in [7, 11) is 0. The van der Waals surface area contributed by atoms with Crippen LogP contribution in [-0.2, 0) is 20.4 Å². The van der Waals surface area contributed by atoms with Gasteiger partial charge in [-0.3, -0.25) is 9.59 Å². The van der Waals surface area contributed by atoms with E-state index >= 15 is 9.59 Å². The molecule has 11 rings (SSSR count). The number of amides is 2. The van der Waals surface area contributed by atoms with E-state index in [1.165, 1.54) is 348 Å². The highest BCUT2D eigenvalue weighted by Gasteiger charge is 2.52. The van der Waals surface area contributed by atoms with Crippen molar-refractivity contribution in [1.29, 1.82) is 0 Å². The molecule has 4 aromatic heterocycles. The van der Waals surface area contributed by atoms with Crippen molar-refractivity contribution in [2.24, 2.45) is 11.8 Å². The molecule has 2 aliphatic heterocycles. The molecule has 3 aromatic carbocycles. The van der Waals surface area contributed by atoms with E-state index in [0.29, 0.717) is 36.1 Å². The summed E-state index contributed by atoms with van der Waals surface area (Å²) in [6.45, 7) is 24.5. The maximum atomic E-state index is 16.7. The lowest BCUT2D eigenvalue weighted by atomic mass is 9.68. The maximum absolute atomic E-state index is 16.7. The molecule has 0 radical (unpaired) electrons. The highest BCUT2D eigenvalue weighted by molar-refractivity contribution is 7.16. The third kappa shape index (κ3) is 21.0. The van der Waals surface area contributed by atoms with Gasteiger partial charge in [-0.25, -0.2) is 0 Å². The number of nitrogens with zero attached hydrogens (tertiary/aromatic N) is 6. The molecular formula is C100H148N6O2S4. The van der Waals surface area contributed by atoms with Crippen molar-refractivity contribution in [1.82, 2.24) is 27.3 Å². The minimum Gasteiger partial charge on any atom is -0.306 e. The van der Waals surface area contributed by atoms with Gasteiger partial charge in [0.25, 0.3) is 11.8 Å². The summed E-state index contributed by atoms with van der Waals surface area (Å²) in [5.41, 5.74) is 20.6. The summed E-state index contributed by atoms with van der Waals surface area (Å²) < 4.78 is 21.4. The minimum absolute atomic E-state index is 0.0379. The van der Waals surface area contributed by atoms with Crippen molar-refractivity contribution >= 4 is 91.4 Å². The van der Waals surface area contributed by atoms with Crippen LogP contribution in [0.15, 0.2) is 59.7 Å². The molecule has 0 fully saturated rings. The van der Waals surface area contributed by atoms with Gasteiger partial charge in [0.05, 0.1) is 55.8 Å². The van der Waals surface area contributed by atoms with Gasteiger partial charge in [-0.05, 0) is 158 Å². The molecule has 614 valence electrons. The first kappa shape index (κ1) is 87.9. The Hall–Kier alpha value is -4.88. The molecule has 2 aliphatic carbocycles. The van der Waals surface area contributed by atoms with Crippen LogP contribution in [-0.4, -0.2) is 52.2 Å². The number of thiophene rings is 2. The molecule has 2 atom stereocenters. The van der Waals surface area contributed by atoms with Gasteiger partial charge in [0.1, 0.15) is 22.1 Å². The number of carbonyl (C=O) groups is 2. The van der Waals surface area contributed by atoms with Crippen molar-refractivity contribution < 1.29 is 9.59 Å². The molecule has 0 saturated carbocycles. The van der Waals surface area contributed by atoms with Crippen molar-refractivity contribution in [2.45, 2.75) is 414 Å². The van der Waals surface area contributed by atoms with Gasteiger partial charge in [-0.2, -0.15) is 17.5 Å². The number of aryl methyl sites for hydroxylation is 2. The van der Waals surface area contributed by atoms with Crippen molar-refractivity contribution in [3.63, 3.8) is 0 Å². The number of unbranched alkanes of at least 4 members (excludes halogenated alkanes) is 36. The number of benzene rings is 3. The van der Waals surface area contributed by atoms with Crippen LogP contribution < -0.4 is 0 Å². The number of hydrogen-bond acceptors (Lipinski definition) is 10. The largest absolute Gasteiger partial charge is 0.306 e. The molecule has 2 unspecified atom stereocenters. The third-order valence-electron chi connectivity index (χ3n) is 26.9. The van der Waals surface area contributed by atoms with Gasteiger partial charge in [0.15, 0.2) is 0 Å². The summed E-state index contributed by atoms with van der Waals surface area (Å²) in [5, 5.41) is 0. The Morgan fingerprint density at radius 2 is 0.625 bits per heavy atom. The average molecular weight is 1590 g/mol. The minimum atomic E-state index is -0.262. The molecule has 8 nitrogen and oxygen atoms in total. The lowest BCUT2D eigenvalue weighted by Crippen LogP contribution is -2.34. The van der Waals surface area contributed by atoms with Crippen LogP contribution in [0.25, 0.3) is 66.2 Å². The standard InChI is InChI=1S/C100H148N6O2S4/c1-11-19-27-35-39-41-45-49-57-75(55-47-43-37-29-21-13-3)71-105-95(85-60-59-74(10)109-85)89-90(98(105)108)96(106(97(89)107)72-76(56-48-44-38-30-22-14-4)58-50-46-42-40-36-28-20-12-2)86-62-61-84(110-86)79-70-83-88(94-92(79)102-112-104-94)78-69-80-77(68-81(78)100(83,65-53-33-25-17-7)66-54-34-26-18-8)87-82(67-73(9)91-93(87)103-111-101-91)99(80,63-51-31-23-15-5)64-52-32-24-16-6/h59-62,67-70,75-76H,11-58,63-66,71-72H2,1-10H3. The van der Waals surface area contributed by atoms with E-state index < -0.39 is 0 Å². The van der Waals surface area contributed by atoms with Crippen LogP contribution in [0.1, 0.15) is 432 Å². The van der Waals surface area contributed by atoms with E-state index in [4.69, 9.17) is 17.5 Å². The molecular weight excluding hydrogens is 1450 g/mol. The summed E-state index contributed by atoms with van der Waals surface area (Å²) in [5.74, 6) is 0.759. The fraction of sp³-hybridized carbons (Fsp3) is 0.680. The maximum Gasteiger partial charge on any atom is 0.261 e. The Balaban J connectivity index is 1.07. The molecule has 6 heterocycles. The second-order valence-corrected chi connectivity index (χ2v) is 38.9. The van der Waals surface area contributed by atoms with E-state index in [2.05, 4.69) is 128 Å². The second-order valence-electron chi connectivity index (χ2n) is 35.5. The smallest absolute Gasteiger partial charge is 0.261 e. The second kappa shape index (κ2) is 45.2. The fourth-order valence-corrected chi connectivity index (χ4v) is 23.7. The molecule has 0 spiro atoms. The van der Waals surface area contributed by atoms with Crippen molar-refractivity contribution in [2.75, 3.05) is 13.1 Å². The van der Waals surface area contributed by atoms with Crippen LogP contribution in [0.3, 0.4) is 0 Å². The topological polar surface area (TPSA) is 92.2 Å². The van der Waals surface area contributed by atoms with E-state index in [0.717, 1.165) is 118 Å². The molecule has 7 aromatic rings. The van der Waals surface area contributed by atoms with Gasteiger partial charge in [-0.1, -0.05) is 344 Å². The predicted octanol–water partition coefficient (Wildman–Crippen LogP) is 32.1. The van der Waals surface area contributed by atoms with Gasteiger partial charge >= 0.3 is 0 Å². The Labute approximate surface area is 696 Å². The molecule has 12 heteroatoms. The van der Waals surface area contributed by atoms with Gasteiger partial charge in [0, 0.05) is 50.4 Å². The Kier molecular flexibility index (Phi) is 35.5. The number of rotatable bonds is 59.